The second-order valence-corrected chi connectivity index (χ2v) is 29.0. The molecule has 0 saturated carbocycles. The highest BCUT2D eigenvalue weighted by molar-refractivity contribution is 7.33. The quantitative estimate of drug-likeness (QED) is 0.159. The van der Waals surface area contributed by atoms with Gasteiger partial charge in [0.2, 0.25) is 0 Å². The van der Waals surface area contributed by atoms with E-state index in [-0.39, 0.29) is 39.2 Å². The van der Waals surface area contributed by atoms with Crippen molar-refractivity contribution in [1.29, 1.82) is 0 Å². The number of hydrogen-bond donors (Lipinski definition) is 0. The Labute approximate surface area is 469 Å². The molecule has 14 rings (SSSR count). The van der Waals surface area contributed by atoms with Gasteiger partial charge in [-0.15, -0.1) is 11.3 Å². The van der Waals surface area contributed by atoms with Crippen LogP contribution >= 0.6 is 11.3 Å². The van der Waals surface area contributed by atoms with Crippen LogP contribution in [0.25, 0.3) is 21.2 Å². The third kappa shape index (κ3) is 7.14. The van der Waals surface area contributed by atoms with E-state index in [0.717, 1.165) is 36.3 Å². The van der Waals surface area contributed by atoms with Crippen LogP contribution in [-0.2, 0) is 32.5 Å². The lowest BCUT2D eigenvalue weighted by Crippen LogP contribution is -2.62. The van der Waals surface area contributed by atoms with E-state index in [9.17, 15) is 0 Å². The van der Waals surface area contributed by atoms with Gasteiger partial charge in [0.15, 0.2) is 0 Å². The van der Waals surface area contributed by atoms with Crippen molar-refractivity contribution in [2.24, 2.45) is 0 Å². The van der Waals surface area contributed by atoms with Crippen LogP contribution < -0.4 is 30.4 Å². The molecule has 0 saturated heterocycles. The summed E-state index contributed by atoms with van der Waals surface area (Å²) >= 11 is 2.06. The van der Waals surface area contributed by atoms with Gasteiger partial charge in [0, 0.05) is 54.3 Å². The van der Waals surface area contributed by atoms with Crippen LogP contribution in [-0.4, -0.2) is 6.71 Å². The topological polar surface area (TPSA) is 9.72 Å². The van der Waals surface area contributed by atoms with Crippen LogP contribution in [0.4, 0.5) is 51.2 Å². The first-order chi connectivity index (χ1) is 37.0. The Hall–Kier alpha value is -6.82. The largest absolute Gasteiger partial charge is 0.311 e. The summed E-state index contributed by atoms with van der Waals surface area (Å²) in [6, 6.07) is 63.9. The third-order valence-corrected chi connectivity index (χ3v) is 20.7. The normalized spacial score (nSPS) is 18.9. The summed E-state index contributed by atoms with van der Waals surface area (Å²) in [7, 11) is 0. The fraction of sp³-hybridized carbons (Fsp3) is 0.315. The maximum atomic E-state index is 2.77. The fourth-order valence-corrected chi connectivity index (χ4v) is 16.1. The molecule has 3 nitrogen and oxygen atoms in total. The number of hydrogen-bond acceptors (Lipinski definition) is 4. The molecule has 4 heterocycles. The maximum Gasteiger partial charge on any atom is 0.264 e. The summed E-state index contributed by atoms with van der Waals surface area (Å²) in [6.45, 7) is 31.7. The van der Waals surface area contributed by atoms with Crippen LogP contribution in [0.1, 0.15) is 155 Å². The van der Waals surface area contributed by atoms with E-state index >= 15 is 0 Å². The molecule has 0 radical (unpaired) electrons. The lowest BCUT2D eigenvalue weighted by Gasteiger charge is -2.54. The van der Waals surface area contributed by atoms with Gasteiger partial charge in [-0.3, -0.25) is 0 Å². The van der Waals surface area contributed by atoms with Crippen molar-refractivity contribution in [2.45, 2.75) is 148 Å². The summed E-state index contributed by atoms with van der Waals surface area (Å²) in [5, 5.41) is 1.36. The molecule has 1 atom stereocenters. The molecule has 78 heavy (non-hydrogen) atoms. The van der Waals surface area contributed by atoms with Crippen molar-refractivity contribution in [3.05, 3.63) is 203 Å². The number of anilines is 9. The molecular weight excluding hydrogens is 962 g/mol. The number of thiophene rings is 1. The number of para-hydroxylation sites is 2. The average molecular weight is 1040 g/mol. The highest BCUT2D eigenvalue weighted by atomic mass is 32.1. The van der Waals surface area contributed by atoms with E-state index in [0.29, 0.717) is 0 Å². The minimum absolute atomic E-state index is 0.0110. The molecule has 2 aliphatic carbocycles. The molecular formula is C73H74BN3S. The summed E-state index contributed by atoms with van der Waals surface area (Å²) in [4.78, 5) is 8.03. The van der Waals surface area contributed by atoms with Gasteiger partial charge >= 0.3 is 0 Å². The van der Waals surface area contributed by atoms with Gasteiger partial charge < -0.3 is 14.7 Å². The van der Waals surface area contributed by atoms with Crippen molar-refractivity contribution in [3.63, 3.8) is 0 Å². The molecule has 8 aromatic carbocycles. The van der Waals surface area contributed by atoms with E-state index in [1.807, 2.05) is 0 Å². The Morgan fingerprint density at radius 2 is 0.987 bits per heavy atom. The molecule has 5 aliphatic rings. The smallest absolute Gasteiger partial charge is 0.264 e. The van der Waals surface area contributed by atoms with Crippen molar-refractivity contribution in [1.82, 2.24) is 0 Å². The molecule has 0 amide bonds. The van der Waals surface area contributed by atoms with Gasteiger partial charge in [-0.2, -0.15) is 0 Å². The highest BCUT2D eigenvalue weighted by Gasteiger charge is 2.54. The van der Waals surface area contributed by atoms with Gasteiger partial charge in [0.05, 0.1) is 22.7 Å². The summed E-state index contributed by atoms with van der Waals surface area (Å²) < 4.78 is 2.82. The van der Waals surface area contributed by atoms with Crippen molar-refractivity contribution in [2.75, 3.05) is 14.7 Å². The predicted octanol–water partition coefficient (Wildman–Crippen LogP) is 18.8. The van der Waals surface area contributed by atoms with Crippen LogP contribution in [0.3, 0.4) is 0 Å². The van der Waals surface area contributed by atoms with E-state index in [1.54, 1.807) is 0 Å². The van der Waals surface area contributed by atoms with E-state index in [2.05, 4.69) is 280 Å². The zero-order valence-corrected chi connectivity index (χ0v) is 49.1. The Kier molecular flexibility index (Phi) is 10.5. The average Bonchev–Trinajstić information content (AvgIpc) is 2.84. The Balaban J connectivity index is 1.18. The summed E-state index contributed by atoms with van der Waals surface area (Å²) in [5.74, 6) is 0. The lowest BCUT2D eigenvalue weighted by molar-refractivity contribution is 0.332. The van der Waals surface area contributed by atoms with Gasteiger partial charge in [-0.25, -0.2) is 0 Å². The Morgan fingerprint density at radius 1 is 0.462 bits per heavy atom. The van der Waals surface area contributed by atoms with Gasteiger partial charge in [-0.1, -0.05) is 187 Å². The van der Waals surface area contributed by atoms with Gasteiger partial charge in [0.25, 0.3) is 6.71 Å². The molecule has 0 N–H and O–H groups in total. The molecule has 1 aromatic heterocycles. The molecule has 390 valence electrons. The lowest BCUT2D eigenvalue weighted by atomic mass is 9.35. The number of fused-ring (bicyclic) bond motifs is 10. The third-order valence-electron chi connectivity index (χ3n) is 19.5. The second kappa shape index (κ2) is 16.6. The zero-order chi connectivity index (χ0) is 54.2. The Morgan fingerprint density at radius 3 is 1.59 bits per heavy atom. The SMILES string of the molecule is CC(C)(C)c1ccc(N2c3cc(N(c4ccccc4)c4ccccc4)cc4c3B(c3ccc5c6c3N4c3ccc(C(C)(C)C)cc3C6(C)CCC5(C)C)c3sc4cc5c(cc4c32)C(C)(C)CCC5(C)C)c(-c2ccccc2)c1. The first-order valence-electron chi connectivity index (χ1n) is 28.9. The van der Waals surface area contributed by atoms with Crippen LogP contribution in [0.2, 0.25) is 0 Å². The second-order valence-electron chi connectivity index (χ2n) is 28.0. The molecule has 3 aliphatic heterocycles. The highest BCUT2D eigenvalue weighted by Crippen LogP contribution is 2.62. The van der Waals surface area contributed by atoms with E-state index < -0.39 is 0 Å². The van der Waals surface area contributed by atoms with Gasteiger partial charge in [0.1, 0.15) is 0 Å². The summed E-state index contributed by atoms with van der Waals surface area (Å²) in [5.41, 5.74) is 26.5. The van der Waals surface area contributed by atoms with Crippen molar-refractivity contribution >= 4 is 95.0 Å². The number of nitrogens with zero attached hydrogens (tertiary/aromatic N) is 3. The predicted molar refractivity (Wildman–Crippen MR) is 337 cm³/mol. The first kappa shape index (κ1) is 49.5. The molecule has 9 aromatic rings. The van der Waals surface area contributed by atoms with E-state index in [1.165, 1.54) is 116 Å². The molecule has 0 spiro atoms. The van der Waals surface area contributed by atoms with Crippen LogP contribution in [0.5, 0.6) is 0 Å². The zero-order valence-electron chi connectivity index (χ0n) is 48.2. The molecule has 1 unspecified atom stereocenters. The standard InChI is InChI=1S/C73H74BN3S/c1-68(2,3)46-29-33-58(51(39-46)45-23-17-14-18-24-45)76-60-41-50(75(48-25-19-15-20-26-48)49-27-21-16-22-28-49)42-61-64(60)74(67-65(76)52-43-54-55(44-62(52)78-67)72(11,12)36-35-71(54,9)10)57-32-31-53-63-66(57)77(61)59-34-30-47(69(4,5)6)40-56(59)73(63,13)38-37-70(53,7)8/h14-34,39-44H,35-38H2,1-13H3. The monoisotopic (exact) mass is 1040 g/mol. The number of benzene rings is 8. The van der Waals surface area contributed by atoms with Crippen LogP contribution in [0.15, 0.2) is 164 Å². The summed E-state index contributed by atoms with van der Waals surface area (Å²) in [6.07, 6.45) is 4.58. The van der Waals surface area contributed by atoms with Crippen molar-refractivity contribution in [3.8, 4) is 11.1 Å². The van der Waals surface area contributed by atoms with Crippen molar-refractivity contribution < 1.29 is 0 Å². The van der Waals surface area contributed by atoms with Crippen LogP contribution in [0, 0.1) is 0 Å². The molecule has 0 bridgehead atoms. The first-order valence-corrected chi connectivity index (χ1v) is 29.7. The van der Waals surface area contributed by atoms with Gasteiger partial charge in [-0.05, 0) is 175 Å². The minimum atomic E-state index is -0.180. The minimum Gasteiger partial charge on any atom is -0.311 e. The number of rotatable bonds is 5. The molecule has 0 fully saturated rings. The fourth-order valence-electron chi connectivity index (χ4n) is 14.7. The maximum absolute atomic E-state index is 2.77. The Bertz CT molecular complexity index is 3900. The molecule has 5 heteroatoms. The van der Waals surface area contributed by atoms with E-state index in [4.69, 9.17) is 0 Å².